The van der Waals surface area contributed by atoms with E-state index < -0.39 is 11.9 Å². The van der Waals surface area contributed by atoms with Crippen molar-refractivity contribution in [1.29, 1.82) is 0 Å². The molecule has 0 radical (unpaired) electrons. The highest BCUT2D eigenvalue weighted by Gasteiger charge is 2.30. The minimum Gasteiger partial charge on any atom is -0.497 e. The third-order valence-corrected chi connectivity index (χ3v) is 6.56. The van der Waals surface area contributed by atoms with E-state index in [-0.39, 0.29) is 24.1 Å². The van der Waals surface area contributed by atoms with E-state index in [4.69, 9.17) is 4.74 Å². The van der Waals surface area contributed by atoms with Crippen LogP contribution in [0.4, 0.5) is 4.39 Å². The highest BCUT2D eigenvalue weighted by atomic mass is 32.2. The molecule has 0 saturated carbocycles. The number of methoxy groups -OCH3 is 1. The first-order valence-corrected chi connectivity index (χ1v) is 12.7. The van der Waals surface area contributed by atoms with Crippen LogP contribution >= 0.6 is 11.8 Å². The lowest BCUT2D eigenvalue weighted by molar-refractivity contribution is -0.139. The van der Waals surface area contributed by atoms with Crippen molar-refractivity contribution in [2.45, 2.75) is 31.7 Å². The van der Waals surface area contributed by atoms with Crippen molar-refractivity contribution in [3.63, 3.8) is 0 Å². The van der Waals surface area contributed by atoms with Crippen LogP contribution in [0.15, 0.2) is 78.9 Å². The predicted octanol–water partition coefficient (Wildman–Crippen LogP) is 4.84. The Bertz CT molecular complexity index is 1090. The van der Waals surface area contributed by atoms with Gasteiger partial charge in [-0.1, -0.05) is 60.7 Å². The first kappa shape index (κ1) is 26.3. The molecule has 35 heavy (non-hydrogen) atoms. The normalized spacial score (nSPS) is 11.5. The molecule has 5 nitrogen and oxygen atoms in total. The monoisotopic (exact) mass is 494 g/mol. The Morgan fingerprint density at radius 3 is 2.31 bits per heavy atom. The van der Waals surface area contributed by atoms with Gasteiger partial charge in [0.1, 0.15) is 17.6 Å². The summed E-state index contributed by atoms with van der Waals surface area (Å²) in [5.74, 6) is 0.723. The molecule has 0 unspecified atom stereocenters. The van der Waals surface area contributed by atoms with E-state index in [0.717, 1.165) is 16.9 Å². The second-order valence-electron chi connectivity index (χ2n) is 8.05. The molecule has 0 bridgehead atoms. The van der Waals surface area contributed by atoms with E-state index in [1.807, 2.05) is 61.5 Å². The number of likely N-dealkylation sites (N-methyl/N-ethyl adjacent to an activating group) is 1. The summed E-state index contributed by atoms with van der Waals surface area (Å²) < 4.78 is 19.7. The molecule has 0 spiro atoms. The number of benzene rings is 3. The van der Waals surface area contributed by atoms with E-state index >= 15 is 0 Å². The van der Waals surface area contributed by atoms with Gasteiger partial charge in [0.05, 0.1) is 12.9 Å². The Kier molecular flexibility index (Phi) is 10.2. The number of nitrogens with zero attached hydrogens (tertiary/aromatic N) is 1. The van der Waals surface area contributed by atoms with Crippen molar-refractivity contribution in [2.24, 2.45) is 0 Å². The molecule has 1 atom stereocenters. The zero-order valence-electron chi connectivity index (χ0n) is 20.1. The number of carbonyl (C=O) groups excluding carboxylic acids is 2. The minimum atomic E-state index is -0.758. The molecule has 3 aromatic rings. The number of rotatable bonds is 12. The fourth-order valence-electron chi connectivity index (χ4n) is 3.72. The average Bonchev–Trinajstić information content (AvgIpc) is 2.88. The molecule has 7 heteroatoms. The van der Waals surface area contributed by atoms with Gasteiger partial charge in [0, 0.05) is 30.8 Å². The lowest BCUT2D eigenvalue weighted by Gasteiger charge is -2.31. The summed E-state index contributed by atoms with van der Waals surface area (Å²) in [5, 5.41) is 2.85. The lowest BCUT2D eigenvalue weighted by atomic mass is 10.0. The summed E-state index contributed by atoms with van der Waals surface area (Å²) in [6, 6.07) is 22.8. The van der Waals surface area contributed by atoms with Crippen LogP contribution in [0.3, 0.4) is 0 Å². The van der Waals surface area contributed by atoms with Crippen LogP contribution < -0.4 is 10.1 Å². The first-order chi connectivity index (χ1) is 17.0. The molecular weight excluding hydrogens is 463 g/mol. The number of hydrogen-bond donors (Lipinski definition) is 1. The Hall–Kier alpha value is -3.32. The van der Waals surface area contributed by atoms with Crippen LogP contribution in [0, 0.1) is 5.82 Å². The van der Waals surface area contributed by atoms with E-state index in [1.165, 1.54) is 22.7 Å². The maximum Gasteiger partial charge on any atom is 0.243 e. The largest absolute Gasteiger partial charge is 0.497 e. The number of hydrogen-bond acceptors (Lipinski definition) is 4. The van der Waals surface area contributed by atoms with Crippen molar-refractivity contribution in [3.8, 4) is 5.75 Å². The van der Waals surface area contributed by atoms with Crippen LogP contribution in [-0.4, -0.2) is 42.2 Å². The summed E-state index contributed by atoms with van der Waals surface area (Å²) in [5.41, 5.74) is 2.37. The SMILES string of the molecule is CCNC(=O)[C@@H](Cc1ccccc1)N(Cc1ccccc1F)C(=O)CSCc1ccc(OC)cc1. The number of amides is 2. The summed E-state index contributed by atoms with van der Waals surface area (Å²) in [4.78, 5) is 28.1. The standard InChI is InChI=1S/C28H31FN2O3S/c1-3-30-28(33)26(17-21-9-5-4-6-10-21)31(18-23-11-7-8-12-25(23)29)27(32)20-35-19-22-13-15-24(34-2)16-14-22/h4-16,26H,3,17-20H2,1-2H3,(H,30,33)/t26-/m1/s1. The van der Waals surface area contributed by atoms with Crippen LogP contribution in [0.5, 0.6) is 5.75 Å². The molecule has 0 aliphatic heterocycles. The van der Waals surface area contributed by atoms with Crippen molar-refractivity contribution >= 4 is 23.6 Å². The maximum absolute atomic E-state index is 14.5. The predicted molar refractivity (Wildman–Crippen MR) is 139 cm³/mol. The van der Waals surface area contributed by atoms with Gasteiger partial charge in [-0.3, -0.25) is 9.59 Å². The van der Waals surface area contributed by atoms with Crippen molar-refractivity contribution < 1.29 is 18.7 Å². The number of nitrogens with one attached hydrogen (secondary N) is 1. The smallest absolute Gasteiger partial charge is 0.243 e. The number of thioether (sulfide) groups is 1. The Balaban J connectivity index is 1.81. The lowest BCUT2D eigenvalue weighted by Crippen LogP contribution is -2.51. The van der Waals surface area contributed by atoms with Gasteiger partial charge in [-0.25, -0.2) is 4.39 Å². The third-order valence-electron chi connectivity index (χ3n) is 5.57. The Morgan fingerprint density at radius 2 is 1.66 bits per heavy atom. The molecule has 0 aliphatic rings. The first-order valence-electron chi connectivity index (χ1n) is 11.6. The third kappa shape index (κ3) is 7.86. The number of halogens is 1. The van der Waals surface area contributed by atoms with Gasteiger partial charge in [0.15, 0.2) is 0 Å². The second-order valence-corrected chi connectivity index (χ2v) is 9.04. The van der Waals surface area contributed by atoms with Crippen LogP contribution in [0.2, 0.25) is 0 Å². The number of carbonyl (C=O) groups is 2. The Labute approximate surface area is 210 Å². The van der Waals surface area contributed by atoms with E-state index in [2.05, 4.69) is 5.32 Å². The van der Waals surface area contributed by atoms with Crippen molar-refractivity contribution in [1.82, 2.24) is 10.2 Å². The molecule has 0 aliphatic carbocycles. The molecule has 2 amide bonds. The van der Waals surface area contributed by atoms with Gasteiger partial charge in [-0.2, -0.15) is 0 Å². The van der Waals surface area contributed by atoms with Gasteiger partial charge in [-0.15, -0.1) is 11.8 Å². The maximum atomic E-state index is 14.5. The van der Waals surface area contributed by atoms with Crippen LogP contribution in [0.25, 0.3) is 0 Å². The quantitative estimate of drug-likeness (QED) is 0.391. The summed E-state index contributed by atoms with van der Waals surface area (Å²) in [6.07, 6.45) is 0.343. The highest BCUT2D eigenvalue weighted by Crippen LogP contribution is 2.20. The molecule has 0 saturated heterocycles. The van der Waals surface area contributed by atoms with Gasteiger partial charge < -0.3 is 15.0 Å². The van der Waals surface area contributed by atoms with E-state index in [9.17, 15) is 14.0 Å². The molecule has 184 valence electrons. The molecule has 3 rings (SSSR count). The van der Waals surface area contributed by atoms with Gasteiger partial charge in [0.2, 0.25) is 11.8 Å². The topological polar surface area (TPSA) is 58.6 Å². The van der Waals surface area contributed by atoms with Crippen molar-refractivity contribution in [2.75, 3.05) is 19.4 Å². The molecular formula is C28H31FN2O3S. The molecule has 0 heterocycles. The zero-order valence-corrected chi connectivity index (χ0v) is 20.9. The van der Waals surface area contributed by atoms with E-state index in [1.54, 1.807) is 25.3 Å². The van der Waals surface area contributed by atoms with Crippen molar-refractivity contribution in [3.05, 3.63) is 101 Å². The fourth-order valence-corrected chi connectivity index (χ4v) is 4.59. The molecule has 0 fully saturated rings. The second kappa shape index (κ2) is 13.5. The van der Waals surface area contributed by atoms with Crippen LogP contribution in [0.1, 0.15) is 23.6 Å². The molecule has 3 aromatic carbocycles. The highest BCUT2D eigenvalue weighted by molar-refractivity contribution is 7.99. The fraction of sp³-hybridized carbons (Fsp3) is 0.286. The zero-order chi connectivity index (χ0) is 25.0. The summed E-state index contributed by atoms with van der Waals surface area (Å²) in [6.45, 7) is 2.30. The summed E-state index contributed by atoms with van der Waals surface area (Å²) >= 11 is 1.46. The van der Waals surface area contributed by atoms with E-state index in [0.29, 0.717) is 24.3 Å². The van der Waals surface area contributed by atoms with Gasteiger partial charge >= 0.3 is 0 Å². The van der Waals surface area contributed by atoms with Gasteiger partial charge in [-0.05, 0) is 36.2 Å². The number of ether oxygens (including phenoxy) is 1. The average molecular weight is 495 g/mol. The molecule has 1 N–H and O–H groups in total. The van der Waals surface area contributed by atoms with Gasteiger partial charge in [0.25, 0.3) is 0 Å². The molecule has 0 aromatic heterocycles. The van der Waals surface area contributed by atoms with Crippen LogP contribution in [-0.2, 0) is 28.3 Å². The minimum absolute atomic E-state index is 0.0171. The Morgan fingerprint density at radius 1 is 0.971 bits per heavy atom. The summed E-state index contributed by atoms with van der Waals surface area (Å²) in [7, 11) is 1.62.